The number of nitrogens with two attached hydrogens (primary N) is 1. The van der Waals surface area contributed by atoms with Gasteiger partial charge in [0.25, 0.3) is 0 Å². The maximum Gasteiger partial charge on any atom is 0.0314 e. The van der Waals surface area contributed by atoms with Crippen LogP contribution < -0.4 is 5.73 Å². The Morgan fingerprint density at radius 2 is 1.47 bits per heavy atom. The Morgan fingerprint density at radius 1 is 0.947 bits per heavy atom. The molecule has 2 rings (SSSR count). The smallest absolute Gasteiger partial charge is 0.0314 e. The van der Waals surface area contributed by atoms with E-state index in [-0.39, 0.29) is 5.41 Å². The van der Waals surface area contributed by atoms with Crippen LogP contribution in [-0.2, 0) is 5.41 Å². The third-order valence-corrected chi connectivity index (χ3v) is 4.26. The second-order valence-corrected chi connectivity index (χ2v) is 6.55. The maximum absolute atomic E-state index is 5.78. The van der Waals surface area contributed by atoms with Gasteiger partial charge in [0.15, 0.2) is 0 Å². The van der Waals surface area contributed by atoms with Gasteiger partial charge in [0.2, 0.25) is 0 Å². The van der Waals surface area contributed by atoms with Crippen molar-refractivity contribution in [1.29, 1.82) is 0 Å². The van der Waals surface area contributed by atoms with Crippen LogP contribution in [0.15, 0.2) is 24.3 Å². The van der Waals surface area contributed by atoms with Crippen LogP contribution in [-0.4, -0.2) is 24.5 Å². The highest BCUT2D eigenvalue weighted by atomic mass is 15.1. The summed E-state index contributed by atoms with van der Waals surface area (Å²) < 4.78 is 0. The van der Waals surface area contributed by atoms with Crippen molar-refractivity contribution in [2.45, 2.75) is 51.4 Å². The van der Waals surface area contributed by atoms with Gasteiger partial charge in [0, 0.05) is 17.6 Å². The zero-order valence-corrected chi connectivity index (χ0v) is 12.5. The average molecular weight is 260 g/mol. The molecule has 0 atom stereocenters. The molecule has 0 aromatic heterocycles. The largest absolute Gasteiger partial charge is 0.399 e. The van der Waals surface area contributed by atoms with Crippen LogP contribution in [0.2, 0.25) is 0 Å². The number of benzene rings is 1. The summed E-state index contributed by atoms with van der Waals surface area (Å²) in [5, 5.41) is 0. The molecule has 2 heteroatoms. The van der Waals surface area contributed by atoms with E-state index >= 15 is 0 Å². The number of nitrogen functional groups attached to an aromatic ring is 1. The highest BCUT2D eigenvalue weighted by Gasteiger charge is 2.24. The van der Waals surface area contributed by atoms with Gasteiger partial charge in [-0.3, -0.25) is 0 Å². The summed E-state index contributed by atoms with van der Waals surface area (Å²) in [6.07, 6.45) is 6.95. The minimum Gasteiger partial charge on any atom is -0.399 e. The fraction of sp³-hybridized carbons (Fsp3) is 0.647. The molecule has 0 aliphatic carbocycles. The van der Waals surface area contributed by atoms with Gasteiger partial charge in [-0.25, -0.2) is 0 Å². The topological polar surface area (TPSA) is 29.3 Å². The third-order valence-electron chi connectivity index (χ3n) is 4.26. The van der Waals surface area contributed by atoms with Crippen LogP contribution in [0.5, 0.6) is 0 Å². The molecule has 0 radical (unpaired) electrons. The Bertz CT molecular complexity index is 373. The number of likely N-dealkylation sites (tertiary alicyclic amines) is 1. The Hall–Kier alpha value is -1.02. The van der Waals surface area contributed by atoms with Crippen molar-refractivity contribution in [3.8, 4) is 0 Å². The first-order valence-corrected chi connectivity index (χ1v) is 7.66. The summed E-state index contributed by atoms with van der Waals surface area (Å²) >= 11 is 0. The Labute approximate surface area is 118 Å². The van der Waals surface area contributed by atoms with Gasteiger partial charge in [-0.15, -0.1) is 0 Å². The van der Waals surface area contributed by atoms with Gasteiger partial charge in [-0.2, -0.15) is 0 Å². The molecule has 1 aliphatic heterocycles. The van der Waals surface area contributed by atoms with Gasteiger partial charge in [0.1, 0.15) is 0 Å². The molecule has 1 fully saturated rings. The first-order valence-electron chi connectivity index (χ1n) is 7.66. The van der Waals surface area contributed by atoms with Gasteiger partial charge < -0.3 is 10.6 Å². The molecular weight excluding hydrogens is 232 g/mol. The van der Waals surface area contributed by atoms with Crippen molar-refractivity contribution >= 4 is 5.69 Å². The first kappa shape index (κ1) is 14.4. The second-order valence-electron chi connectivity index (χ2n) is 6.55. The van der Waals surface area contributed by atoms with E-state index in [0.717, 1.165) is 12.2 Å². The lowest BCUT2D eigenvalue weighted by molar-refractivity contribution is 0.205. The van der Waals surface area contributed by atoms with E-state index in [1.54, 1.807) is 0 Å². The third kappa shape index (κ3) is 4.24. The van der Waals surface area contributed by atoms with E-state index in [0.29, 0.717) is 0 Å². The van der Waals surface area contributed by atoms with Crippen LogP contribution in [0.1, 0.15) is 51.5 Å². The SMILES string of the molecule is CC(C)(CN1CCCCCCC1)c1ccc(N)cc1. The molecule has 106 valence electrons. The van der Waals surface area contributed by atoms with Crippen LogP contribution in [0.3, 0.4) is 0 Å². The predicted octanol–water partition coefficient (Wildman–Crippen LogP) is 3.81. The predicted molar refractivity (Wildman–Crippen MR) is 83.4 cm³/mol. The number of hydrogen-bond donors (Lipinski definition) is 1. The van der Waals surface area contributed by atoms with Crippen molar-refractivity contribution in [3.05, 3.63) is 29.8 Å². The van der Waals surface area contributed by atoms with Crippen LogP contribution in [0, 0.1) is 0 Å². The van der Waals surface area contributed by atoms with Crippen LogP contribution >= 0.6 is 0 Å². The van der Waals surface area contributed by atoms with Gasteiger partial charge in [-0.1, -0.05) is 45.2 Å². The lowest BCUT2D eigenvalue weighted by atomic mass is 9.83. The van der Waals surface area contributed by atoms with E-state index in [1.165, 1.54) is 50.8 Å². The van der Waals surface area contributed by atoms with E-state index in [4.69, 9.17) is 5.73 Å². The fourth-order valence-electron chi connectivity index (χ4n) is 3.06. The maximum atomic E-state index is 5.78. The fourth-order valence-corrected chi connectivity index (χ4v) is 3.06. The molecule has 0 unspecified atom stereocenters. The first-order chi connectivity index (χ1) is 9.08. The molecule has 19 heavy (non-hydrogen) atoms. The number of nitrogens with zero attached hydrogens (tertiary/aromatic N) is 1. The van der Waals surface area contributed by atoms with Gasteiger partial charge in [-0.05, 0) is 43.6 Å². The molecule has 2 nitrogen and oxygen atoms in total. The molecule has 1 aromatic rings. The van der Waals surface area contributed by atoms with E-state index in [1.807, 2.05) is 12.1 Å². The van der Waals surface area contributed by atoms with E-state index in [2.05, 4.69) is 30.9 Å². The number of hydrogen-bond acceptors (Lipinski definition) is 2. The highest BCUT2D eigenvalue weighted by Crippen LogP contribution is 2.26. The molecule has 2 N–H and O–H groups in total. The standard InChI is InChI=1S/C17H28N2/c1-17(2,15-8-10-16(18)11-9-15)14-19-12-6-4-3-5-7-13-19/h8-11H,3-7,12-14,18H2,1-2H3. The molecular formula is C17H28N2. The molecule has 0 amide bonds. The second kappa shape index (κ2) is 6.42. The zero-order valence-electron chi connectivity index (χ0n) is 12.5. The molecule has 0 saturated carbocycles. The summed E-state index contributed by atoms with van der Waals surface area (Å²) in [5.41, 5.74) is 8.23. The minimum atomic E-state index is 0.201. The van der Waals surface area contributed by atoms with Gasteiger partial charge in [0.05, 0.1) is 0 Å². The van der Waals surface area contributed by atoms with Crippen molar-refractivity contribution in [2.75, 3.05) is 25.4 Å². The van der Waals surface area contributed by atoms with Crippen LogP contribution in [0.4, 0.5) is 5.69 Å². The minimum absolute atomic E-state index is 0.201. The van der Waals surface area contributed by atoms with Crippen molar-refractivity contribution in [1.82, 2.24) is 4.90 Å². The summed E-state index contributed by atoms with van der Waals surface area (Å²) in [6.45, 7) is 8.36. The van der Waals surface area contributed by atoms with Crippen LogP contribution in [0.25, 0.3) is 0 Å². The highest BCUT2D eigenvalue weighted by molar-refractivity contribution is 5.41. The summed E-state index contributed by atoms with van der Waals surface area (Å²) in [7, 11) is 0. The normalized spacial score (nSPS) is 18.8. The monoisotopic (exact) mass is 260 g/mol. The number of anilines is 1. The lowest BCUT2D eigenvalue weighted by Gasteiger charge is -2.34. The molecule has 1 saturated heterocycles. The Kier molecular flexibility index (Phi) is 4.87. The molecule has 1 heterocycles. The molecule has 0 bridgehead atoms. The quantitative estimate of drug-likeness (QED) is 0.837. The molecule has 0 spiro atoms. The average Bonchev–Trinajstić information content (AvgIpc) is 2.33. The van der Waals surface area contributed by atoms with Crippen molar-refractivity contribution < 1.29 is 0 Å². The van der Waals surface area contributed by atoms with Crippen molar-refractivity contribution in [3.63, 3.8) is 0 Å². The summed E-state index contributed by atoms with van der Waals surface area (Å²) in [5.74, 6) is 0. The lowest BCUT2D eigenvalue weighted by Crippen LogP contribution is -2.38. The Balaban J connectivity index is 2.00. The summed E-state index contributed by atoms with van der Waals surface area (Å²) in [4.78, 5) is 2.65. The van der Waals surface area contributed by atoms with E-state index < -0.39 is 0 Å². The van der Waals surface area contributed by atoms with E-state index in [9.17, 15) is 0 Å². The van der Waals surface area contributed by atoms with Gasteiger partial charge >= 0.3 is 0 Å². The molecule has 1 aliphatic rings. The summed E-state index contributed by atoms with van der Waals surface area (Å²) in [6, 6.07) is 8.40. The Morgan fingerprint density at radius 3 is 2.05 bits per heavy atom. The molecule has 1 aromatic carbocycles. The van der Waals surface area contributed by atoms with Crippen molar-refractivity contribution in [2.24, 2.45) is 0 Å². The zero-order chi connectivity index (χ0) is 13.7. The number of rotatable bonds is 3.